The van der Waals surface area contributed by atoms with Gasteiger partial charge in [-0.05, 0) is 11.1 Å². The molecule has 0 aliphatic heterocycles. The lowest BCUT2D eigenvalue weighted by Gasteiger charge is -2.06. The van der Waals surface area contributed by atoms with E-state index in [1.165, 1.54) is 0 Å². The van der Waals surface area contributed by atoms with Gasteiger partial charge in [-0.1, -0.05) is 60.7 Å². The molecule has 1 aliphatic carbocycles. The molecule has 17 heavy (non-hydrogen) atoms. The SMILES string of the molecule is O=C=C1c2ccccc2C=Cc2ccccc21. The van der Waals surface area contributed by atoms with E-state index in [0.717, 1.165) is 22.3 Å². The highest BCUT2D eigenvalue weighted by Crippen LogP contribution is 2.31. The second kappa shape index (κ2) is 3.89. The molecule has 0 spiro atoms. The van der Waals surface area contributed by atoms with Crippen molar-refractivity contribution in [2.24, 2.45) is 0 Å². The maximum absolute atomic E-state index is 11.2. The molecule has 2 aromatic rings. The van der Waals surface area contributed by atoms with Crippen LogP contribution in [0.1, 0.15) is 22.3 Å². The van der Waals surface area contributed by atoms with Crippen molar-refractivity contribution in [1.82, 2.24) is 0 Å². The Morgan fingerprint density at radius 2 is 1.18 bits per heavy atom. The second-order valence-corrected chi connectivity index (χ2v) is 3.98. The van der Waals surface area contributed by atoms with Gasteiger partial charge in [0.15, 0.2) is 0 Å². The Bertz CT molecular complexity index is 607. The molecule has 3 rings (SSSR count). The molecule has 0 saturated carbocycles. The van der Waals surface area contributed by atoms with Crippen molar-refractivity contribution < 1.29 is 4.79 Å². The summed E-state index contributed by atoms with van der Waals surface area (Å²) in [4.78, 5) is 11.2. The number of rotatable bonds is 0. The smallest absolute Gasteiger partial charge is 0.133 e. The fourth-order valence-corrected chi connectivity index (χ4v) is 2.17. The lowest BCUT2D eigenvalue weighted by atomic mass is 9.95. The summed E-state index contributed by atoms with van der Waals surface area (Å²) in [6.07, 6.45) is 4.08. The van der Waals surface area contributed by atoms with Gasteiger partial charge in [-0.3, -0.25) is 0 Å². The zero-order valence-corrected chi connectivity index (χ0v) is 9.18. The average molecular weight is 218 g/mol. The third kappa shape index (κ3) is 1.54. The van der Waals surface area contributed by atoms with Crippen LogP contribution < -0.4 is 0 Å². The van der Waals surface area contributed by atoms with Crippen molar-refractivity contribution in [1.29, 1.82) is 0 Å². The van der Waals surface area contributed by atoms with Gasteiger partial charge in [-0.25, -0.2) is 4.79 Å². The lowest BCUT2D eigenvalue weighted by molar-refractivity contribution is 0.569. The topological polar surface area (TPSA) is 17.1 Å². The van der Waals surface area contributed by atoms with Gasteiger partial charge in [-0.15, -0.1) is 0 Å². The van der Waals surface area contributed by atoms with Crippen LogP contribution in [0.3, 0.4) is 0 Å². The van der Waals surface area contributed by atoms with Crippen molar-refractivity contribution in [3.63, 3.8) is 0 Å². The quantitative estimate of drug-likeness (QED) is 0.528. The predicted molar refractivity (Wildman–Crippen MR) is 70.0 cm³/mol. The van der Waals surface area contributed by atoms with Crippen molar-refractivity contribution in [3.05, 3.63) is 70.8 Å². The Balaban J connectivity index is 2.38. The third-order valence-corrected chi connectivity index (χ3v) is 3.00. The van der Waals surface area contributed by atoms with E-state index in [0.29, 0.717) is 5.57 Å². The van der Waals surface area contributed by atoms with Crippen molar-refractivity contribution in [3.8, 4) is 0 Å². The summed E-state index contributed by atoms with van der Waals surface area (Å²) in [5, 5.41) is 0. The predicted octanol–water partition coefficient (Wildman–Crippen LogP) is 3.43. The molecule has 0 heterocycles. The van der Waals surface area contributed by atoms with Crippen LogP contribution in [0.5, 0.6) is 0 Å². The summed E-state index contributed by atoms with van der Waals surface area (Å²) in [5.74, 6) is 2.08. The fourth-order valence-electron chi connectivity index (χ4n) is 2.17. The van der Waals surface area contributed by atoms with Crippen LogP contribution in [0, 0.1) is 0 Å². The van der Waals surface area contributed by atoms with Crippen molar-refractivity contribution in [2.75, 3.05) is 0 Å². The molecular weight excluding hydrogens is 208 g/mol. The molecule has 80 valence electrons. The summed E-state index contributed by atoms with van der Waals surface area (Å²) in [6, 6.07) is 15.8. The Kier molecular flexibility index (Phi) is 2.25. The molecule has 0 atom stereocenters. The molecule has 0 unspecified atom stereocenters. The summed E-state index contributed by atoms with van der Waals surface area (Å²) in [7, 11) is 0. The summed E-state index contributed by atoms with van der Waals surface area (Å²) < 4.78 is 0. The van der Waals surface area contributed by atoms with Crippen molar-refractivity contribution in [2.45, 2.75) is 0 Å². The largest absolute Gasteiger partial charge is 0.233 e. The summed E-state index contributed by atoms with van der Waals surface area (Å²) in [5.41, 5.74) is 4.65. The third-order valence-electron chi connectivity index (χ3n) is 3.00. The van der Waals surface area contributed by atoms with E-state index in [2.05, 4.69) is 5.94 Å². The lowest BCUT2D eigenvalue weighted by Crippen LogP contribution is -1.92. The first-order valence-electron chi connectivity index (χ1n) is 5.52. The van der Waals surface area contributed by atoms with Crippen LogP contribution in [0.25, 0.3) is 17.7 Å². The minimum absolute atomic E-state index is 0.640. The van der Waals surface area contributed by atoms with E-state index in [9.17, 15) is 4.79 Å². The first kappa shape index (κ1) is 9.83. The molecule has 0 saturated heterocycles. The minimum Gasteiger partial charge on any atom is -0.233 e. The van der Waals surface area contributed by atoms with Gasteiger partial charge in [0, 0.05) is 11.1 Å². The highest BCUT2D eigenvalue weighted by molar-refractivity contribution is 6.03. The first-order chi connectivity index (χ1) is 8.40. The van der Waals surface area contributed by atoms with E-state index < -0.39 is 0 Å². The first-order valence-corrected chi connectivity index (χ1v) is 5.52. The number of carbonyl (C=O) groups excluding carboxylic acids is 1. The molecule has 1 aliphatic rings. The number of hydrogen-bond donors (Lipinski definition) is 0. The van der Waals surface area contributed by atoms with Crippen LogP contribution in [0.2, 0.25) is 0 Å². The maximum atomic E-state index is 11.2. The zero-order chi connectivity index (χ0) is 11.7. The zero-order valence-electron chi connectivity index (χ0n) is 9.18. The average Bonchev–Trinajstić information content (AvgIpc) is 2.55. The van der Waals surface area contributed by atoms with Crippen LogP contribution >= 0.6 is 0 Å². The van der Waals surface area contributed by atoms with Gasteiger partial charge in [-0.2, -0.15) is 0 Å². The molecule has 2 aromatic carbocycles. The highest BCUT2D eigenvalue weighted by atomic mass is 16.1. The summed E-state index contributed by atoms with van der Waals surface area (Å²) >= 11 is 0. The van der Waals surface area contributed by atoms with Gasteiger partial charge >= 0.3 is 0 Å². The minimum atomic E-state index is 0.640. The van der Waals surface area contributed by atoms with Crippen LogP contribution in [0.15, 0.2) is 48.5 Å². The maximum Gasteiger partial charge on any atom is 0.133 e. The Labute approximate surface area is 99.7 Å². The van der Waals surface area contributed by atoms with Gasteiger partial charge in [0.25, 0.3) is 0 Å². The Morgan fingerprint density at radius 3 is 1.65 bits per heavy atom. The standard InChI is InChI=1S/C16H10O/c17-11-16-14-7-3-1-5-12(14)9-10-13-6-2-4-8-15(13)16/h1-10H. The Morgan fingerprint density at radius 1 is 0.706 bits per heavy atom. The highest BCUT2D eigenvalue weighted by Gasteiger charge is 2.14. The molecular formula is C16H10O. The second-order valence-electron chi connectivity index (χ2n) is 3.98. The van der Waals surface area contributed by atoms with E-state index in [1.54, 1.807) is 0 Å². The molecule has 0 amide bonds. The molecule has 1 heteroatoms. The molecule has 0 radical (unpaired) electrons. The molecule has 0 N–H and O–H groups in total. The van der Waals surface area contributed by atoms with Crippen LogP contribution in [-0.2, 0) is 4.79 Å². The number of fused-ring (bicyclic) bond motifs is 2. The van der Waals surface area contributed by atoms with E-state index in [1.807, 2.05) is 60.7 Å². The van der Waals surface area contributed by atoms with Crippen molar-refractivity contribution >= 4 is 23.7 Å². The normalized spacial score (nSPS) is 12.4. The van der Waals surface area contributed by atoms with Crippen LogP contribution in [0.4, 0.5) is 0 Å². The molecule has 1 nitrogen and oxygen atoms in total. The van der Waals surface area contributed by atoms with Gasteiger partial charge < -0.3 is 0 Å². The van der Waals surface area contributed by atoms with E-state index in [-0.39, 0.29) is 0 Å². The molecule has 0 aromatic heterocycles. The number of benzene rings is 2. The fraction of sp³-hybridized carbons (Fsp3) is 0. The monoisotopic (exact) mass is 218 g/mol. The van der Waals surface area contributed by atoms with E-state index >= 15 is 0 Å². The molecule has 0 bridgehead atoms. The Hall–Kier alpha value is -2.37. The number of hydrogen-bond acceptors (Lipinski definition) is 1. The van der Waals surface area contributed by atoms with E-state index in [4.69, 9.17) is 0 Å². The van der Waals surface area contributed by atoms with Gasteiger partial charge in [0.1, 0.15) is 5.94 Å². The van der Waals surface area contributed by atoms with Crippen LogP contribution in [-0.4, -0.2) is 5.94 Å². The van der Waals surface area contributed by atoms with Gasteiger partial charge in [0.2, 0.25) is 0 Å². The van der Waals surface area contributed by atoms with Gasteiger partial charge in [0.05, 0.1) is 5.57 Å². The summed E-state index contributed by atoms with van der Waals surface area (Å²) in [6.45, 7) is 0. The molecule has 0 fully saturated rings.